The minimum Gasteiger partial charge on any atom is -0.390 e. The molecule has 2 aliphatic heterocycles. The second-order valence-corrected chi connectivity index (χ2v) is 7.55. The van der Waals surface area contributed by atoms with Crippen molar-refractivity contribution in [3.05, 3.63) is 0 Å². The average Bonchev–Trinajstić information content (AvgIpc) is 2.94. The Morgan fingerprint density at radius 3 is 2.87 bits per heavy atom. The van der Waals surface area contributed by atoms with Crippen molar-refractivity contribution < 1.29 is 14.7 Å². The zero-order valence-electron chi connectivity index (χ0n) is 14.1. The number of amides is 2. The van der Waals surface area contributed by atoms with E-state index < -0.39 is 5.60 Å². The van der Waals surface area contributed by atoms with Crippen LogP contribution in [-0.2, 0) is 9.59 Å². The Balaban J connectivity index is 1.62. The maximum Gasteiger partial charge on any atom is 0.239 e. The lowest BCUT2D eigenvalue weighted by atomic mass is 9.72. The fourth-order valence-electron chi connectivity index (χ4n) is 4.58. The summed E-state index contributed by atoms with van der Waals surface area (Å²) in [6.45, 7) is 4.59. The summed E-state index contributed by atoms with van der Waals surface area (Å²) in [5.74, 6) is 0.233. The lowest BCUT2D eigenvalue weighted by Gasteiger charge is -2.43. The van der Waals surface area contributed by atoms with Crippen molar-refractivity contribution in [2.75, 3.05) is 32.7 Å². The minimum atomic E-state index is -0.612. The number of piperazine rings is 1. The minimum absolute atomic E-state index is 0.0437. The van der Waals surface area contributed by atoms with E-state index >= 15 is 0 Å². The number of aliphatic hydroxyl groups is 1. The van der Waals surface area contributed by atoms with Crippen molar-refractivity contribution in [1.82, 2.24) is 15.1 Å². The predicted octanol–water partition coefficient (Wildman–Crippen LogP) is 0.350. The van der Waals surface area contributed by atoms with Crippen molar-refractivity contribution in [2.45, 2.75) is 57.1 Å². The molecule has 23 heavy (non-hydrogen) atoms. The van der Waals surface area contributed by atoms with Gasteiger partial charge in [0.2, 0.25) is 11.8 Å². The fourth-order valence-corrected chi connectivity index (χ4v) is 4.58. The molecule has 0 bridgehead atoms. The van der Waals surface area contributed by atoms with Crippen LogP contribution in [0.1, 0.15) is 45.4 Å². The van der Waals surface area contributed by atoms with Gasteiger partial charge in [0.05, 0.1) is 18.7 Å². The Kier molecular flexibility index (Phi) is 4.92. The Morgan fingerprint density at radius 1 is 1.30 bits per heavy atom. The molecule has 0 aromatic heterocycles. The van der Waals surface area contributed by atoms with Crippen molar-refractivity contribution in [3.8, 4) is 0 Å². The van der Waals surface area contributed by atoms with Crippen LogP contribution in [0.25, 0.3) is 0 Å². The SMILES string of the molecule is CC1(O)CCCCC1C1CCCN1CC(=O)N1CCNC(=O)C1. The largest absolute Gasteiger partial charge is 0.390 e. The number of hydrogen-bond acceptors (Lipinski definition) is 4. The number of nitrogens with one attached hydrogen (secondary N) is 1. The molecule has 2 saturated heterocycles. The maximum absolute atomic E-state index is 12.5. The van der Waals surface area contributed by atoms with Gasteiger partial charge in [-0.1, -0.05) is 12.8 Å². The molecule has 3 rings (SSSR count). The van der Waals surface area contributed by atoms with Crippen LogP contribution in [0.5, 0.6) is 0 Å². The van der Waals surface area contributed by atoms with Crippen LogP contribution in [0.2, 0.25) is 0 Å². The van der Waals surface area contributed by atoms with Gasteiger partial charge in [0.1, 0.15) is 0 Å². The van der Waals surface area contributed by atoms with Crippen LogP contribution in [-0.4, -0.2) is 71.1 Å². The highest BCUT2D eigenvalue weighted by molar-refractivity contribution is 5.86. The zero-order valence-corrected chi connectivity index (χ0v) is 14.1. The summed E-state index contributed by atoms with van der Waals surface area (Å²) in [4.78, 5) is 27.9. The van der Waals surface area contributed by atoms with Crippen molar-refractivity contribution in [2.24, 2.45) is 5.92 Å². The molecule has 130 valence electrons. The molecular formula is C17H29N3O3. The third-order valence-corrected chi connectivity index (χ3v) is 5.85. The van der Waals surface area contributed by atoms with E-state index in [1.165, 1.54) is 6.42 Å². The summed E-state index contributed by atoms with van der Waals surface area (Å²) in [5, 5.41) is 13.5. The van der Waals surface area contributed by atoms with Gasteiger partial charge in [-0.05, 0) is 39.2 Å². The average molecular weight is 323 g/mol. The van der Waals surface area contributed by atoms with E-state index in [-0.39, 0.29) is 24.3 Å². The quantitative estimate of drug-likeness (QED) is 0.786. The van der Waals surface area contributed by atoms with Crippen LogP contribution in [0.3, 0.4) is 0 Å². The first kappa shape index (κ1) is 16.7. The molecule has 3 unspecified atom stereocenters. The van der Waals surface area contributed by atoms with Gasteiger partial charge in [0.15, 0.2) is 0 Å². The van der Waals surface area contributed by atoms with E-state index in [0.29, 0.717) is 25.7 Å². The first-order chi connectivity index (χ1) is 11.0. The molecule has 0 spiro atoms. The molecule has 1 aliphatic carbocycles. The van der Waals surface area contributed by atoms with Gasteiger partial charge in [0.25, 0.3) is 0 Å². The van der Waals surface area contributed by atoms with Crippen LogP contribution >= 0.6 is 0 Å². The van der Waals surface area contributed by atoms with E-state index in [1.54, 1.807) is 4.90 Å². The summed E-state index contributed by atoms with van der Waals surface area (Å²) in [5.41, 5.74) is -0.612. The molecule has 3 aliphatic rings. The van der Waals surface area contributed by atoms with E-state index in [4.69, 9.17) is 0 Å². The van der Waals surface area contributed by atoms with E-state index in [0.717, 1.165) is 38.6 Å². The molecule has 2 amide bonds. The van der Waals surface area contributed by atoms with Gasteiger partial charge in [-0.2, -0.15) is 0 Å². The third kappa shape index (κ3) is 3.69. The number of carbonyl (C=O) groups excluding carboxylic acids is 2. The molecular weight excluding hydrogens is 294 g/mol. The maximum atomic E-state index is 12.5. The lowest BCUT2D eigenvalue weighted by Crippen LogP contribution is -2.54. The lowest BCUT2D eigenvalue weighted by molar-refractivity contribution is -0.140. The summed E-state index contributed by atoms with van der Waals surface area (Å²) < 4.78 is 0. The standard InChI is InChI=1S/C17H29N3O3/c1-17(23)7-3-2-5-13(17)14-6-4-9-19(14)12-16(22)20-10-8-18-15(21)11-20/h13-14,23H,2-12H2,1H3,(H,18,21). The second-order valence-electron chi connectivity index (χ2n) is 7.55. The summed E-state index contributed by atoms with van der Waals surface area (Å²) >= 11 is 0. The van der Waals surface area contributed by atoms with Gasteiger partial charge in [0, 0.05) is 25.0 Å². The third-order valence-electron chi connectivity index (χ3n) is 5.85. The van der Waals surface area contributed by atoms with Gasteiger partial charge in [-0.3, -0.25) is 14.5 Å². The van der Waals surface area contributed by atoms with Crippen LogP contribution in [0, 0.1) is 5.92 Å². The molecule has 6 nitrogen and oxygen atoms in total. The van der Waals surface area contributed by atoms with Crippen molar-refractivity contribution in [1.29, 1.82) is 0 Å². The topological polar surface area (TPSA) is 72.9 Å². The highest BCUT2D eigenvalue weighted by atomic mass is 16.3. The second kappa shape index (κ2) is 6.77. The Bertz CT molecular complexity index is 466. The first-order valence-corrected chi connectivity index (χ1v) is 8.98. The van der Waals surface area contributed by atoms with Crippen LogP contribution in [0.4, 0.5) is 0 Å². The number of hydrogen-bond donors (Lipinski definition) is 2. The monoisotopic (exact) mass is 323 g/mol. The number of carbonyl (C=O) groups is 2. The van der Waals surface area contributed by atoms with Gasteiger partial charge >= 0.3 is 0 Å². The number of nitrogens with zero attached hydrogens (tertiary/aromatic N) is 2. The molecule has 0 radical (unpaired) electrons. The predicted molar refractivity (Wildman–Crippen MR) is 86.8 cm³/mol. The Morgan fingerprint density at radius 2 is 2.13 bits per heavy atom. The molecule has 0 aromatic carbocycles. The molecule has 0 aromatic rings. The number of likely N-dealkylation sites (tertiary alicyclic amines) is 1. The first-order valence-electron chi connectivity index (χ1n) is 8.98. The summed E-state index contributed by atoms with van der Waals surface area (Å²) in [7, 11) is 0. The summed E-state index contributed by atoms with van der Waals surface area (Å²) in [6, 6.07) is 0.299. The van der Waals surface area contributed by atoms with Gasteiger partial charge in [-0.15, -0.1) is 0 Å². The summed E-state index contributed by atoms with van der Waals surface area (Å²) in [6.07, 6.45) is 6.33. The molecule has 3 atom stereocenters. The van der Waals surface area contributed by atoms with E-state index in [2.05, 4.69) is 10.2 Å². The molecule has 1 saturated carbocycles. The van der Waals surface area contributed by atoms with Crippen LogP contribution < -0.4 is 5.32 Å². The van der Waals surface area contributed by atoms with Crippen molar-refractivity contribution >= 4 is 11.8 Å². The normalized spacial score (nSPS) is 36.1. The molecule has 3 fully saturated rings. The van der Waals surface area contributed by atoms with E-state index in [9.17, 15) is 14.7 Å². The molecule has 2 N–H and O–H groups in total. The Labute approximate surface area is 138 Å². The highest BCUT2D eigenvalue weighted by Crippen LogP contribution is 2.40. The van der Waals surface area contributed by atoms with Gasteiger partial charge < -0.3 is 15.3 Å². The Hall–Kier alpha value is -1.14. The van der Waals surface area contributed by atoms with Gasteiger partial charge in [-0.25, -0.2) is 0 Å². The number of rotatable bonds is 3. The van der Waals surface area contributed by atoms with Crippen LogP contribution in [0.15, 0.2) is 0 Å². The zero-order chi connectivity index (χ0) is 16.4. The smallest absolute Gasteiger partial charge is 0.239 e. The molecule has 2 heterocycles. The van der Waals surface area contributed by atoms with E-state index in [1.807, 2.05) is 6.92 Å². The highest BCUT2D eigenvalue weighted by Gasteiger charge is 2.43. The molecule has 6 heteroatoms. The van der Waals surface area contributed by atoms with Crippen molar-refractivity contribution in [3.63, 3.8) is 0 Å². The fraction of sp³-hybridized carbons (Fsp3) is 0.882.